The summed E-state index contributed by atoms with van der Waals surface area (Å²) in [7, 11) is -2.99. The fourth-order valence-electron chi connectivity index (χ4n) is 3.14. The molecule has 1 N–H and O–H groups in total. The molecular weight excluding hydrogens is 330 g/mol. The largest absolute Gasteiger partial charge is 0.467 e. The number of hydrogen-bond acceptors (Lipinski definition) is 5. The number of carbonyl (C=O) groups excluding carboxylic acids is 1. The second kappa shape index (κ2) is 5.77. The Labute approximate surface area is 139 Å². The van der Waals surface area contributed by atoms with E-state index in [0.717, 1.165) is 18.5 Å². The molecule has 1 aliphatic carbocycles. The van der Waals surface area contributed by atoms with Gasteiger partial charge in [0, 0.05) is 11.6 Å². The zero-order valence-corrected chi connectivity index (χ0v) is 14.0. The Balaban J connectivity index is 1.53. The molecule has 1 atom stereocenters. The van der Waals surface area contributed by atoms with Crippen molar-refractivity contribution in [1.82, 2.24) is 15.1 Å². The number of furan rings is 1. The number of amides is 1. The Bertz CT molecular complexity index is 850. The first-order valence-corrected chi connectivity index (χ1v) is 9.94. The third-order valence-electron chi connectivity index (χ3n) is 4.55. The fraction of sp³-hybridized carbons (Fsp3) is 0.500. The lowest BCUT2D eigenvalue weighted by Gasteiger charge is -2.12. The summed E-state index contributed by atoms with van der Waals surface area (Å²) in [4.78, 5) is 12.3. The first-order valence-electron chi connectivity index (χ1n) is 8.12. The summed E-state index contributed by atoms with van der Waals surface area (Å²) >= 11 is 0. The highest BCUT2D eigenvalue weighted by Gasteiger charge is 2.36. The lowest BCUT2D eigenvalue weighted by molar-refractivity contribution is 0.0942. The number of rotatable bonds is 5. The Morgan fingerprint density at radius 3 is 2.83 bits per heavy atom. The Kier molecular flexibility index (Phi) is 3.71. The second-order valence-electron chi connectivity index (χ2n) is 6.49. The lowest BCUT2D eigenvalue weighted by atomic mass is 10.2. The van der Waals surface area contributed by atoms with Crippen LogP contribution >= 0.6 is 0 Å². The van der Waals surface area contributed by atoms with Crippen LogP contribution in [0.3, 0.4) is 0 Å². The highest BCUT2D eigenvalue weighted by Crippen LogP contribution is 2.42. The van der Waals surface area contributed by atoms with E-state index in [1.54, 1.807) is 29.1 Å². The van der Waals surface area contributed by atoms with Gasteiger partial charge < -0.3 is 9.73 Å². The van der Waals surface area contributed by atoms with Gasteiger partial charge in [0.1, 0.15) is 11.5 Å². The van der Waals surface area contributed by atoms with Crippen LogP contribution in [-0.4, -0.2) is 35.6 Å². The number of hydrogen-bond donors (Lipinski definition) is 1. The maximum Gasteiger partial charge on any atom is 0.272 e. The standard InChI is InChI=1S/C16H19N3O4S/c20-16(17-9-13-2-1-6-23-13)14-8-15(11-3-4-11)19(18-14)12-5-7-24(21,22)10-12/h1-2,6,8,11-12H,3-5,7,9-10H2,(H,17,20)/t12-/m0/s1. The molecule has 2 aromatic rings. The van der Waals surface area contributed by atoms with Crippen LogP contribution < -0.4 is 5.32 Å². The quantitative estimate of drug-likeness (QED) is 0.885. The van der Waals surface area contributed by atoms with Crippen LogP contribution in [0.5, 0.6) is 0 Å². The molecule has 0 spiro atoms. The first kappa shape index (κ1) is 15.4. The van der Waals surface area contributed by atoms with Gasteiger partial charge in [-0.15, -0.1) is 0 Å². The smallest absolute Gasteiger partial charge is 0.272 e. The Morgan fingerprint density at radius 1 is 1.38 bits per heavy atom. The minimum Gasteiger partial charge on any atom is -0.467 e. The number of sulfone groups is 1. The van der Waals surface area contributed by atoms with Crippen molar-refractivity contribution < 1.29 is 17.6 Å². The molecule has 1 amide bonds. The van der Waals surface area contributed by atoms with Gasteiger partial charge in [0.2, 0.25) is 0 Å². The fourth-order valence-corrected chi connectivity index (χ4v) is 4.83. The van der Waals surface area contributed by atoms with Gasteiger partial charge in [0.05, 0.1) is 30.4 Å². The van der Waals surface area contributed by atoms with Crippen LogP contribution in [-0.2, 0) is 16.4 Å². The van der Waals surface area contributed by atoms with Crippen molar-refractivity contribution in [2.24, 2.45) is 0 Å². The number of carbonyl (C=O) groups is 1. The summed E-state index contributed by atoms with van der Waals surface area (Å²) in [5.74, 6) is 1.11. The zero-order chi connectivity index (χ0) is 16.7. The Hall–Kier alpha value is -2.09. The average Bonchev–Trinajstić information content (AvgIpc) is 2.98. The molecule has 128 valence electrons. The molecule has 24 heavy (non-hydrogen) atoms. The summed E-state index contributed by atoms with van der Waals surface area (Å²) in [6.45, 7) is 0.301. The van der Waals surface area contributed by atoms with Crippen molar-refractivity contribution in [3.05, 3.63) is 41.6 Å². The van der Waals surface area contributed by atoms with Crippen LogP contribution in [0, 0.1) is 0 Å². The summed E-state index contributed by atoms with van der Waals surface area (Å²) in [6, 6.07) is 5.21. The molecular formula is C16H19N3O4S. The molecule has 4 rings (SSSR count). The van der Waals surface area contributed by atoms with Crippen molar-refractivity contribution in [1.29, 1.82) is 0 Å². The Morgan fingerprint density at radius 2 is 2.21 bits per heavy atom. The van der Waals surface area contributed by atoms with Gasteiger partial charge in [-0.1, -0.05) is 0 Å². The van der Waals surface area contributed by atoms with E-state index < -0.39 is 9.84 Å². The van der Waals surface area contributed by atoms with Crippen molar-refractivity contribution >= 4 is 15.7 Å². The van der Waals surface area contributed by atoms with E-state index in [9.17, 15) is 13.2 Å². The molecule has 0 radical (unpaired) electrons. The number of nitrogens with one attached hydrogen (secondary N) is 1. The first-order chi connectivity index (χ1) is 11.5. The SMILES string of the molecule is O=C(NCc1ccco1)c1cc(C2CC2)n([C@H]2CCS(=O)(=O)C2)n1. The topological polar surface area (TPSA) is 94.2 Å². The van der Waals surface area contributed by atoms with E-state index in [4.69, 9.17) is 4.42 Å². The summed E-state index contributed by atoms with van der Waals surface area (Å²) in [5, 5.41) is 7.21. The third kappa shape index (κ3) is 3.10. The number of aromatic nitrogens is 2. The van der Waals surface area contributed by atoms with Crippen LogP contribution in [0.4, 0.5) is 0 Å². The molecule has 8 heteroatoms. The van der Waals surface area contributed by atoms with Crippen LogP contribution in [0.2, 0.25) is 0 Å². The predicted octanol–water partition coefficient (Wildman–Crippen LogP) is 1.64. The van der Waals surface area contributed by atoms with Gasteiger partial charge >= 0.3 is 0 Å². The van der Waals surface area contributed by atoms with Crippen molar-refractivity contribution in [2.75, 3.05) is 11.5 Å². The van der Waals surface area contributed by atoms with Crippen LogP contribution in [0.25, 0.3) is 0 Å². The second-order valence-corrected chi connectivity index (χ2v) is 8.72. The molecule has 7 nitrogen and oxygen atoms in total. The minimum atomic E-state index is -2.99. The average molecular weight is 349 g/mol. The number of nitrogens with zero attached hydrogens (tertiary/aromatic N) is 2. The van der Waals surface area contributed by atoms with Gasteiger partial charge in [-0.05, 0) is 37.5 Å². The molecule has 0 bridgehead atoms. The molecule has 2 aliphatic rings. The molecule has 0 unspecified atom stereocenters. The maximum absolute atomic E-state index is 12.3. The molecule has 2 fully saturated rings. The van der Waals surface area contributed by atoms with Crippen LogP contribution in [0.15, 0.2) is 28.9 Å². The zero-order valence-electron chi connectivity index (χ0n) is 13.1. The lowest BCUT2D eigenvalue weighted by Crippen LogP contribution is -2.23. The molecule has 2 aromatic heterocycles. The van der Waals surface area contributed by atoms with Crippen molar-refractivity contribution in [2.45, 2.75) is 37.8 Å². The summed E-state index contributed by atoms with van der Waals surface area (Å²) in [6.07, 6.45) is 4.26. The van der Waals surface area contributed by atoms with Crippen molar-refractivity contribution in [3.8, 4) is 0 Å². The maximum atomic E-state index is 12.3. The van der Waals surface area contributed by atoms with E-state index >= 15 is 0 Å². The summed E-state index contributed by atoms with van der Waals surface area (Å²) < 4.78 is 30.5. The van der Waals surface area contributed by atoms with Gasteiger partial charge in [0.25, 0.3) is 5.91 Å². The monoisotopic (exact) mass is 349 g/mol. The predicted molar refractivity (Wildman–Crippen MR) is 86.4 cm³/mol. The highest BCUT2D eigenvalue weighted by atomic mass is 32.2. The third-order valence-corrected chi connectivity index (χ3v) is 6.30. The molecule has 1 saturated heterocycles. The molecule has 3 heterocycles. The van der Waals surface area contributed by atoms with E-state index in [1.165, 1.54) is 0 Å². The van der Waals surface area contributed by atoms with Gasteiger partial charge in [-0.25, -0.2) is 8.42 Å². The summed E-state index contributed by atoms with van der Waals surface area (Å²) in [5.41, 5.74) is 1.33. The van der Waals surface area contributed by atoms with E-state index in [1.807, 2.05) is 0 Å². The normalized spacial score (nSPS) is 22.6. The van der Waals surface area contributed by atoms with Crippen molar-refractivity contribution in [3.63, 3.8) is 0 Å². The highest BCUT2D eigenvalue weighted by molar-refractivity contribution is 7.91. The molecule has 1 aliphatic heterocycles. The van der Waals surface area contributed by atoms with Gasteiger partial charge in [0.15, 0.2) is 9.84 Å². The minimum absolute atomic E-state index is 0.113. The van der Waals surface area contributed by atoms with E-state index in [0.29, 0.717) is 30.3 Å². The van der Waals surface area contributed by atoms with Gasteiger partial charge in [-0.3, -0.25) is 9.48 Å². The van der Waals surface area contributed by atoms with Gasteiger partial charge in [-0.2, -0.15) is 5.10 Å². The molecule has 0 aromatic carbocycles. The molecule has 1 saturated carbocycles. The van der Waals surface area contributed by atoms with E-state index in [2.05, 4.69) is 10.4 Å². The van der Waals surface area contributed by atoms with Crippen LogP contribution in [0.1, 0.15) is 53.2 Å². The van der Waals surface area contributed by atoms with E-state index in [-0.39, 0.29) is 23.5 Å².